The average Bonchev–Trinajstić information content (AvgIpc) is 3.04. The third-order valence-corrected chi connectivity index (χ3v) is 5.52. The molecule has 0 atom stereocenters. The Kier molecular flexibility index (Phi) is 5.62. The minimum atomic E-state index is -3.58. The standard InChI is InChI=1S/C20H21N3O4S/c1-13(2)23-28(25,26)17-11-9-16(10-12-17)21-19(24)18-14(3)27-20(22-18)15-7-5-4-6-8-15/h4-13,23H,1-3H3,(H,21,24). The molecule has 0 aliphatic carbocycles. The lowest BCUT2D eigenvalue weighted by Gasteiger charge is -2.10. The highest BCUT2D eigenvalue weighted by Crippen LogP contribution is 2.22. The van der Waals surface area contributed by atoms with E-state index in [0.29, 0.717) is 17.3 Å². The molecule has 1 amide bonds. The molecule has 8 heteroatoms. The van der Waals surface area contributed by atoms with Crippen molar-refractivity contribution >= 4 is 21.6 Å². The number of benzene rings is 2. The summed E-state index contributed by atoms with van der Waals surface area (Å²) >= 11 is 0. The van der Waals surface area contributed by atoms with Crippen molar-refractivity contribution in [3.05, 3.63) is 66.1 Å². The summed E-state index contributed by atoms with van der Waals surface area (Å²) in [5, 5.41) is 2.71. The highest BCUT2D eigenvalue weighted by Gasteiger charge is 2.19. The Hall–Kier alpha value is -2.97. The van der Waals surface area contributed by atoms with Crippen LogP contribution in [0, 0.1) is 6.92 Å². The van der Waals surface area contributed by atoms with Gasteiger partial charge in [0.2, 0.25) is 15.9 Å². The number of nitrogens with one attached hydrogen (secondary N) is 2. The molecule has 0 aliphatic rings. The van der Waals surface area contributed by atoms with E-state index in [4.69, 9.17) is 4.42 Å². The molecule has 2 aromatic carbocycles. The second-order valence-electron chi connectivity index (χ2n) is 6.54. The highest BCUT2D eigenvalue weighted by atomic mass is 32.2. The zero-order valence-corrected chi connectivity index (χ0v) is 16.6. The summed E-state index contributed by atoms with van der Waals surface area (Å²) in [6.45, 7) is 5.16. The Morgan fingerprint density at radius 1 is 1.04 bits per heavy atom. The monoisotopic (exact) mass is 399 g/mol. The van der Waals surface area contributed by atoms with Crippen molar-refractivity contribution in [1.82, 2.24) is 9.71 Å². The molecule has 1 aromatic heterocycles. The van der Waals surface area contributed by atoms with Gasteiger partial charge in [-0.15, -0.1) is 0 Å². The normalized spacial score (nSPS) is 11.6. The fraction of sp³-hybridized carbons (Fsp3) is 0.200. The number of oxazole rings is 1. The first-order chi connectivity index (χ1) is 13.3. The van der Waals surface area contributed by atoms with Gasteiger partial charge in [-0.05, 0) is 57.2 Å². The molecule has 0 spiro atoms. The number of sulfonamides is 1. The van der Waals surface area contributed by atoms with Crippen LogP contribution in [-0.2, 0) is 10.0 Å². The number of aryl methyl sites for hydroxylation is 1. The van der Waals surface area contributed by atoms with Gasteiger partial charge in [-0.25, -0.2) is 18.1 Å². The smallest absolute Gasteiger partial charge is 0.277 e. The van der Waals surface area contributed by atoms with Crippen LogP contribution in [0.1, 0.15) is 30.1 Å². The van der Waals surface area contributed by atoms with Gasteiger partial charge < -0.3 is 9.73 Å². The Morgan fingerprint density at radius 3 is 2.29 bits per heavy atom. The molecular weight excluding hydrogens is 378 g/mol. The minimum Gasteiger partial charge on any atom is -0.441 e. The molecule has 28 heavy (non-hydrogen) atoms. The van der Waals surface area contributed by atoms with Gasteiger partial charge in [0, 0.05) is 17.3 Å². The molecule has 0 aliphatic heterocycles. The van der Waals surface area contributed by atoms with E-state index in [0.717, 1.165) is 5.56 Å². The Labute approximate surface area is 163 Å². The molecule has 0 saturated carbocycles. The van der Waals surface area contributed by atoms with Crippen molar-refractivity contribution in [2.45, 2.75) is 31.7 Å². The number of amides is 1. The number of aromatic nitrogens is 1. The summed E-state index contributed by atoms with van der Waals surface area (Å²) < 4.78 is 32.4. The zero-order chi connectivity index (χ0) is 20.3. The fourth-order valence-electron chi connectivity index (χ4n) is 2.60. The van der Waals surface area contributed by atoms with Gasteiger partial charge in [0.05, 0.1) is 4.90 Å². The van der Waals surface area contributed by atoms with Crippen molar-refractivity contribution in [3.63, 3.8) is 0 Å². The third kappa shape index (κ3) is 4.47. The maximum atomic E-state index is 12.5. The van der Waals surface area contributed by atoms with Gasteiger partial charge in [-0.3, -0.25) is 4.79 Å². The predicted octanol–water partition coefficient (Wildman–Crippen LogP) is 3.59. The van der Waals surface area contributed by atoms with Crippen LogP contribution in [0.4, 0.5) is 5.69 Å². The molecule has 3 rings (SSSR count). The van der Waals surface area contributed by atoms with Crippen molar-refractivity contribution in [2.24, 2.45) is 0 Å². The van der Waals surface area contributed by atoms with E-state index in [1.807, 2.05) is 30.3 Å². The zero-order valence-electron chi connectivity index (χ0n) is 15.8. The van der Waals surface area contributed by atoms with Crippen LogP contribution in [0.15, 0.2) is 63.9 Å². The van der Waals surface area contributed by atoms with Crippen molar-refractivity contribution in [2.75, 3.05) is 5.32 Å². The van der Waals surface area contributed by atoms with Crippen LogP contribution >= 0.6 is 0 Å². The minimum absolute atomic E-state index is 0.128. The van der Waals surface area contributed by atoms with E-state index in [9.17, 15) is 13.2 Å². The van der Waals surface area contributed by atoms with Crippen LogP contribution in [0.3, 0.4) is 0 Å². The third-order valence-electron chi connectivity index (χ3n) is 3.85. The number of anilines is 1. The Balaban J connectivity index is 1.76. The topological polar surface area (TPSA) is 101 Å². The highest BCUT2D eigenvalue weighted by molar-refractivity contribution is 7.89. The Morgan fingerprint density at radius 2 is 1.68 bits per heavy atom. The summed E-state index contributed by atoms with van der Waals surface area (Å²) in [5.74, 6) is 0.334. The maximum absolute atomic E-state index is 12.5. The van der Waals surface area contributed by atoms with E-state index >= 15 is 0 Å². The lowest BCUT2D eigenvalue weighted by atomic mass is 10.2. The lowest BCUT2D eigenvalue weighted by molar-refractivity contribution is 0.102. The van der Waals surface area contributed by atoms with Gasteiger partial charge in [0.15, 0.2) is 5.69 Å². The number of hydrogen-bond donors (Lipinski definition) is 2. The summed E-state index contributed by atoms with van der Waals surface area (Å²) in [4.78, 5) is 17.0. The molecule has 1 heterocycles. The molecule has 0 fully saturated rings. The van der Waals surface area contributed by atoms with Crippen molar-refractivity contribution < 1.29 is 17.6 Å². The SMILES string of the molecule is Cc1oc(-c2ccccc2)nc1C(=O)Nc1ccc(S(=O)(=O)NC(C)C)cc1. The summed E-state index contributed by atoms with van der Waals surface area (Å²) in [6.07, 6.45) is 0. The molecule has 7 nitrogen and oxygen atoms in total. The molecule has 0 bridgehead atoms. The quantitative estimate of drug-likeness (QED) is 0.660. The molecule has 146 valence electrons. The first-order valence-corrected chi connectivity index (χ1v) is 10.2. The predicted molar refractivity (Wildman–Crippen MR) is 107 cm³/mol. The number of rotatable bonds is 6. The average molecular weight is 399 g/mol. The van der Waals surface area contributed by atoms with Crippen LogP contribution in [0.25, 0.3) is 11.5 Å². The van der Waals surface area contributed by atoms with E-state index in [1.54, 1.807) is 20.8 Å². The van der Waals surface area contributed by atoms with E-state index < -0.39 is 15.9 Å². The van der Waals surface area contributed by atoms with Crippen molar-refractivity contribution in [1.29, 1.82) is 0 Å². The number of nitrogens with zero attached hydrogens (tertiary/aromatic N) is 1. The molecule has 0 saturated heterocycles. The van der Waals surface area contributed by atoms with Crippen LogP contribution in [0.2, 0.25) is 0 Å². The number of carbonyl (C=O) groups excluding carboxylic acids is 1. The van der Waals surface area contributed by atoms with Gasteiger partial charge in [0.25, 0.3) is 5.91 Å². The van der Waals surface area contributed by atoms with Crippen molar-refractivity contribution in [3.8, 4) is 11.5 Å². The van der Waals surface area contributed by atoms with E-state index in [-0.39, 0.29) is 16.6 Å². The maximum Gasteiger partial charge on any atom is 0.277 e. The van der Waals surface area contributed by atoms with Crippen LogP contribution < -0.4 is 10.0 Å². The first-order valence-electron chi connectivity index (χ1n) is 8.73. The van der Waals surface area contributed by atoms with Gasteiger partial charge >= 0.3 is 0 Å². The molecule has 2 N–H and O–H groups in total. The van der Waals surface area contributed by atoms with Gasteiger partial charge in [-0.1, -0.05) is 18.2 Å². The van der Waals surface area contributed by atoms with E-state index in [1.165, 1.54) is 24.3 Å². The fourth-order valence-corrected chi connectivity index (χ4v) is 3.85. The molecule has 3 aromatic rings. The molecule has 0 unspecified atom stereocenters. The van der Waals surface area contributed by atoms with Crippen LogP contribution in [-0.4, -0.2) is 25.4 Å². The largest absolute Gasteiger partial charge is 0.441 e. The lowest BCUT2D eigenvalue weighted by Crippen LogP contribution is -2.30. The summed E-state index contributed by atoms with van der Waals surface area (Å²) in [6, 6.07) is 15.0. The van der Waals surface area contributed by atoms with Gasteiger partial charge in [0.1, 0.15) is 5.76 Å². The Bertz CT molecular complexity index is 1070. The molecular formula is C20H21N3O4S. The van der Waals surface area contributed by atoms with Gasteiger partial charge in [-0.2, -0.15) is 0 Å². The van der Waals surface area contributed by atoms with E-state index in [2.05, 4.69) is 15.0 Å². The van der Waals surface area contributed by atoms with Crippen LogP contribution in [0.5, 0.6) is 0 Å². The number of hydrogen-bond acceptors (Lipinski definition) is 5. The summed E-state index contributed by atoms with van der Waals surface area (Å²) in [7, 11) is -3.58. The first kappa shape index (κ1) is 19.8. The second-order valence-corrected chi connectivity index (χ2v) is 8.26. The molecule has 0 radical (unpaired) electrons. The second kappa shape index (κ2) is 7.95. The number of carbonyl (C=O) groups is 1. The summed E-state index contributed by atoms with van der Waals surface area (Å²) in [5.41, 5.74) is 1.41.